The summed E-state index contributed by atoms with van der Waals surface area (Å²) in [5, 5.41) is 0. The van der Waals surface area contributed by atoms with Crippen LogP contribution in [0.25, 0.3) is 0 Å². The van der Waals surface area contributed by atoms with Gasteiger partial charge in [0.15, 0.2) is 0 Å². The van der Waals surface area contributed by atoms with Crippen molar-refractivity contribution in [3.63, 3.8) is 0 Å². The van der Waals surface area contributed by atoms with Gasteiger partial charge in [-0.1, -0.05) is 59.3 Å². The monoisotopic (exact) mass is 582 g/mol. The lowest BCUT2D eigenvalue weighted by Gasteiger charge is -2.37. The van der Waals surface area contributed by atoms with E-state index in [9.17, 15) is 21.6 Å². The molecule has 0 atom stereocenters. The van der Waals surface area contributed by atoms with Gasteiger partial charge >= 0.3 is 6.18 Å². The van der Waals surface area contributed by atoms with Crippen LogP contribution in [0.15, 0.2) is 82.2 Å². The molecule has 1 fully saturated rings. The van der Waals surface area contributed by atoms with Gasteiger partial charge in [-0.2, -0.15) is 13.2 Å². The van der Waals surface area contributed by atoms with Crippen LogP contribution in [-0.4, -0.2) is 39.6 Å². The van der Waals surface area contributed by atoms with Crippen LogP contribution in [-0.2, 0) is 22.7 Å². The van der Waals surface area contributed by atoms with Gasteiger partial charge in [0.2, 0.25) is 0 Å². The molecule has 0 radical (unpaired) electrons. The molecule has 2 heterocycles. The number of alkyl halides is 3. The van der Waals surface area contributed by atoms with Crippen molar-refractivity contribution in [1.82, 2.24) is 4.90 Å². The van der Waals surface area contributed by atoms with Crippen molar-refractivity contribution < 1.29 is 26.3 Å². The normalized spacial score (nSPS) is 16.3. The first-order valence-electron chi connectivity index (χ1n) is 11.4. The first-order chi connectivity index (χ1) is 17.0. The molecule has 2 aliphatic heterocycles. The third kappa shape index (κ3) is 6.22. The van der Waals surface area contributed by atoms with E-state index in [1.54, 1.807) is 18.2 Å². The molecule has 5 rings (SSSR count). The summed E-state index contributed by atoms with van der Waals surface area (Å²) in [6.07, 6.45) is -4.61. The molecule has 1 saturated heterocycles. The third-order valence-electron chi connectivity index (χ3n) is 5.88. The molecule has 3 aromatic rings. The van der Waals surface area contributed by atoms with Gasteiger partial charge in [-0.25, -0.2) is 8.42 Å². The van der Waals surface area contributed by atoms with E-state index in [4.69, 9.17) is 4.74 Å². The minimum absolute atomic E-state index is 0.0159. The highest BCUT2D eigenvalue weighted by Crippen LogP contribution is 2.38. The molecule has 5 nitrogen and oxygen atoms in total. The van der Waals surface area contributed by atoms with Crippen LogP contribution < -0.4 is 9.04 Å². The van der Waals surface area contributed by atoms with Crippen molar-refractivity contribution in [2.24, 2.45) is 5.92 Å². The zero-order valence-corrected chi connectivity index (χ0v) is 22.0. The molecular weight excluding hydrogens is 557 g/mol. The fraction of sp³-hybridized carbons (Fsp3) is 0.308. The minimum Gasteiger partial charge on any atom is -0.489 e. The van der Waals surface area contributed by atoms with Crippen molar-refractivity contribution in [2.45, 2.75) is 24.5 Å². The average Bonchev–Trinajstić information content (AvgIpc) is 2.83. The summed E-state index contributed by atoms with van der Waals surface area (Å²) >= 11 is 3.25. The Morgan fingerprint density at radius 3 is 2.39 bits per heavy atom. The molecule has 0 unspecified atom stereocenters. The van der Waals surface area contributed by atoms with Gasteiger partial charge in [-0.15, -0.1) is 0 Å². The largest absolute Gasteiger partial charge is 0.489 e. The summed E-state index contributed by atoms with van der Waals surface area (Å²) < 4.78 is 71.3. The number of hydrogen-bond acceptors (Lipinski definition) is 4. The van der Waals surface area contributed by atoms with Gasteiger partial charge in [0.25, 0.3) is 10.0 Å². The number of anilines is 1. The Balaban J connectivity index is 0.000000211. The number of rotatable bonds is 4. The molecule has 3 aromatic carbocycles. The average molecular weight is 583 g/mol. The second-order valence-electron chi connectivity index (χ2n) is 8.85. The molecule has 10 heteroatoms. The summed E-state index contributed by atoms with van der Waals surface area (Å²) in [6.45, 7) is 6.12. The topological polar surface area (TPSA) is 49.9 Å². The second-order valence-corrected chi connectivity index (χ2v) is 11.6. The first-order valence-corrected chi connectivity index (χ1v) is 13.7. The van der Waals surface area contributed by atoms with Gasteiger partial charge in [-0.05, 0) is 47.9 Å². The number of ether oxygens (including phenoxy) is 1. The van der Waals surface area contributed by atoms with Crippen LogP contribution in [0.2, 0.25) is 0 Å². The van der Waals surface area contributed by atoms with E-state index in [0.717, 1.165) is 35.0 Å². The van der Waals surface area contributed by atoms with Crippen LogP contribution in [0.1, 0.15) is 18.1 Å². The molecule has 0 aromatic heterocycles. The van der Waals surface area contributed by atoms with Crippen molar-refractivity contribution >= 4 is 31.6 Å². The number of fused-ring (bicyclic) bond motifs is 1. The Kier molecular flexibility index (Phi) is 7.96. The maximum Gasteiger partial charge on any atom is 0.416 e. The Bertz CT molecular complexity index is 1300. The molecule has 0 N–H and O–H groups in total. The summed E-state index contributed by atoms with van der Waals surface area (Å²) in [6, 6.07) is 19.2. The van der Waals surface area contributed by atoms with Crippen LogP contribution >= 0.6 is 15.9 Å². The predicted octanol–water partition coefficient (Wildman–Crippen LogP) is 6.19. The molecule has 0 bridgehead atoms. The summed E-state index contributed by atoms with van der Waals surface area (Å²) in [4.78, 5) is 2.07. The zero-order chi connectivity index (χ0) is 25.9. The lowest BCUT2D eigenvalue weighted by Crippen LogP contribution is -2.44. The third-order valence-corrected chi connectivity index (χ3v) is 8.18. The number of sulfonamides is 1. The van der Waals surface area contributed by atoms with E-state index in [0.29, 0.717) is 16.3 Å². The van der Waals surface area contributed by atoms with E-state index < -0.39 is 26.7 Å². The Morgan fingerprint density at radius 2 is 1.72 bits per heavy atom. The molecule has 0 amide bonds. The van der Waals surface area contributed by atoms with Crippen molar-refractivity contribution in [3.05, 3.63) is 88.4 Å². The van der Waals surface area contributed by atoms with Gasteiger partial charge in [-0.3, -0.25) is 9.21 Å². The highest BCUT2D eigenvalue weighted by molar-refractivity contribution is 9.10. The quantitative estimate of drug-likeness (QED) is 0.368. The van der Waals surface area contributed by atoms with E-state index in [1.807, 2.05) is 0 Å². The molecule has 2 aliphatic rings. The number of benzene rings is 3. The number of likely N-dealkylation sites (tertiary alicyclic amines) is 1. The van der Waals surface area contributed by atoms with E-state index in [2.05, 4.69) is 58.1 Å². The molecule has 192 valence electrons. The fourth-order valence-corrected chi connectivity index (χ4v) is 6.02. The Morgan fingerprint density at radius 1 is 1.00 bits per heavy atom. The van der Waals surface area contributed by atoms with Crippen molar-refractivity contribution in [3.8, 4) is 5.75 Å². The van der Waals surface area contributed by atoms with Gasteiger partial charge < -0.3 is 4.74 Å². The molecule has 0 saturated carbocycles. The number of halogens is 4. The van der Waals surface area contributed by atoms with Crippen molar-refractivity contribution in [1.29, 1.82) is 0 Å². The Hall–Kier alpha value is -2.56. The summed E-state index contributed by atoms with van der Waals surface area (Å²) in [7, 11) is -4.14. The summed E-state index contributed by atoms with van der Waals surface area (Å²) in [5.41, 5.74) is 0.712. The minimum atomic E-state index is -4.61. The summed E-state index contributed by atoms with van der Waals surface area (Å²) in [5.74, 6) is 1.27. The highest BCUT2D eigenvalue weighted by atomic mass is 79.9. The fourth-order valence-electron chi connectivity index (χ4n) is 4.18. The Labute approximate surface area is 217 Å². The second kappa shape index (κ2) is 10.8. The standard InChI is InChI=1S/C15H11BrF3NO3S.C11H15N/c16-11-4-5-14-13(9-11)20(6-7-23-14)24(21,22)12-3-1-2-10(8-12)15(17,18)19;1-10-7-12(8-10)9-11-5-3-2-4-6-11/h1-5,8-9H,6-7H2;2-6,10H,7-9H2,1H3. The molecule has 0 spiro atoms. The molecule has 0 aliphatic carbocycles. The maximum absolute atomic E-state index is 12.9. The number of nitrogens with zero attached hydrogens (tertiary/aromatic N) is 2. The predicted molar refractivity (Wildman–Crippen MR) is 136 cm³/mol. The lowest BCUT2D eigenvalue weighted by atomic mass is 10.0. The van der Waals surface area contributed by atoms with E-state index in [1.165, 1.54) is 18.7 Å². The van der Waals surface area contributed by atoms with Gasteiger partial charge in [0, 0.05) is 24.1 Å². The highest BCUT2D eigenvalue weighted by Gasteiger charge is 2.34. The smallest absolute Gasteiger partial charge is 0.416 e. The van der Waals surface area contributed by atoms with E-state index in [-0.39, 0.29) is 18.8 Å². The van der Waals surface area contributed by atoms with Crippen LogP contribution in [0.3, 0.4) is 0 Å². The first kappa shape index (κ1) is 26.5. The molecule has 36 heavy (non-hydrogen) atoms. The zero-order valence-electron chi connectivity index (χ0n) is 19.6. The SMILES string of the molecule is CC1CN(Cc2ccccc2)C1.O=S(=O)(c1cccc(C(F)(F)F)c1)N1CCOc2ccc(Br)cc21. The maximum atomic E-state index is 12.9. The van der Waals surface area contributed by atoms with Crippen LogP contribution in [0.5, 0.6) is 5.75 Å². The van der Waals surface area contributed by atoms with Gasteiger partial charge in [0.05, 0.1) is 22.7 Å². The van der Waals surface area contributed by atoms with Crippen LogP contribution in [0.4, 0.5) is 18.9 Å². The van der Waals surface area contributed by atoms with Crippen LogP contribution in [0, 0.1) is 5.92 Å². The van der Waals surface area contributed by atoms with E-state index >= 15 is 0 Å². The van der Waals surface area contributed by atoms with Gasteiger partial charge in [0.1, 0.15) is 12.4 Å². The number of hydrogen-bond donors (Lipinski definition) is 0. The molecular formula is C26H26BrF3N2O3S. The lowest BCUT2D eigenvalue weighted by molar-refractivity contribution is -0.137. The van der Waals surface area contributed by atoms with Crippen molar-refractivity contribution in [2.75, 3.05) is 30.5 Å².